The number of likely N-dealkylation sites (tertiary alicyclic amines) is 1. The first-order valence-corrected chi connectivity index (χ1v) is 8.80. The summed E-state index contributed by atoms with van der Waals surface area (Å²) in [5.41, 5.74) is 1.26. The molecule has 0 radical (unpaired) electrons. The Bertz CT molecular complexity index is 594. The SMILES string of the molecule is C[C@@H](C1CCN(C(=O)c2ccc(C#N)cc2)CC1)N1CCOCC1. The van der Waals surface area contributed by atoms with Crippen molar-refractivity contribution in [2.45, 2.75) is 25.8 Å². The first-order chi connectivity index (χ1) is 11.7. The molecule has 3 rings (SSSR count). The van der Waals surface area contributed by atoms with Crippen LogP contribution in [0.4, 0.5) is 0 Å². The zero-order chi connectivity index (χ0) is 16.9. The van der Waals surface area contributed by atoms with E-state index in [9.17, 15) is 4.79 Å². The topological polar surface area (TPSA) is 56.6 Å². The molecule has 2 aliphatic rings. The van der Waals surface area contributed by atoms with Gasteiger partial charge in [0, 0.05) is 37.8 Å². The second-order valence-electron chi connectivity index (χ2n) is 6.71. The Hall–Kier alpha value is -1.90. The summed E-state index contributed by atoms with van der Waals surface area (Å²) >= 11 is 0. The van der Waals surface area contributed by atoms with Crippen molar-refractivity contribution in [1.29, 1.82) is 5.26 Å². The summed E-state index contributed by atoms with van der Waals surface area (Å²) in [5, 5.41) is 8.85. The predicted octanol–water partition coefficient (Wildman–Crippen LogP) is 2.13. The smallest absolute Gasteiger partial charge is 0.253 e. The first-order valence-electron chi connectivity index (χ1n) is 8.80. The zero-order valence-electron chi connectivity index (χ0n) is 14.3. The summed E-state index contributed by atoms with van der Waals surface area (Å²) in [5.74, 6) is 0.727. The fraction of sp³-hybridized carbons (Fsp3) is 0.579. The summed E-state index contributed by atoms with van der Waals surface area (Å²) in [6.07, 6.45) is 2.11. The highest BCUT2D eigenvalue weighted by Crippen LogP contribution is 2.25. The van der Waals surface area contributed by atoms with Crippen LogP contribution >= 0.6 is 0 Å². The minimum Gasteiger partial charge on any atom is -0.379 e. The van der Waals surface area contributed by atoms with Crippen LogP contribution < -0.4 is 0 Å². The van der Waals surface area contributed by atoms with Crippen LogP contribution in [-0.2, 0) is 4.74 Å². The number of benzene rings is 1. The summed E-state index contributed by atoms with van der Waals surface area (Å²) in [6.45, 7) is 7.66. The van der Waals surface area contributed by atoms with E-state index in [1.54, 1.807) is 24.3 Å². The number of piperidine rings is 1. The minimum absolute atomic E-state index is 0.0805. The summed E-state index contributed by atoms with van der Waals surface area (Å²) in [7, 11) is 0. The fourth-order valence-electron chi connectivity index (χ4n) is 3.74. The van der Waals surface area contributed by atoms with E-state index < -0.39 is 0 Å². The Labute approximate surface area is 143 Å². The second kappa shape index (κ2) is 7.78. The van der Waals surface area contributed by atoms with Crippen molar-refractivity contribution in [3.8, 4) is 6.07 Å². The van der Waals surface area contributed by atoms with E-state index >= 15 is 0 Å². The molecule has 2 saturated heterocycles. The van der Waals surface area contributed by atoms with E-state index in [-0.39, 0.29) is 5.91 Å². The number of nitriles is 1. The van der Waals surface area contributed by atoms with Crippen LogP contribution in [-0.4, -0.2) is 61.1 Å². The summed E-state index contributed by atoms with van der Waals surface area (Å²) < 4.78 is 5.44. The highest BCUT2D eigenvalue weighted by Gasteiger charge is 2.30. The Morgan fingerprint density at radius 1 is 1.17 bits per heavy atom. The van der Waals surface area contributed by atoms with E-state index in [1.807, 2.05) is 4.90 Å². The number of ether oxygens (including phenoxy) is 1. The fourth-order valence-corrected chi connectivity index (χ4v) is 3.74. The third kappa shape index (κ3) is 3.77. The number of nitrogens with zero attached hydrogens (tertiary/aromatic N) is 3. The number of morpholine rings is 1. The number of hydrogen-bond donors (Lipinski definition) is 0. The van der Waals surface area contributed by atoms with Crippen LogP contribution in [0.2, 0.25) is 0 Å². The molecule has 0 unspecified atom stereocenters. The lowest BCUT2D eigenvalue weighted by Crippen LogP contribution is -2.49. The molecular weight excluding hydrogens is 302 g/mol. The van der Waals surface area contributed by atoms with Gasteiger partial charge >= 0.3 is 0 Å². The van der Waals surface area contributed by atoms with Gasteiger partial charge in [-0.3, -0.25) is 9.69 Å². The molecule has 2 fully saturated rings. The molecule has 24 heavy (non-hydrogen) atoms. The molecule has 1 atom stereocenters. The molecule has 1 amide bonds. The second-order valence-corrected chi connectivity index (χ2v) is 6.71. The van der Waals surface area contributed by atoms with Gasteiger partial charge in [0.05, 0.1) is 24.8 Å². The predicted molar refractivity (Wildman–Crippen MR) is 91.6 cm³/mol. The van der Waals surface area contributed by atoms with Crippen LogP contribution in [0.15, 0.2) is 24.3 Å². The largest absolute Gasteiger partial charge is 0.379 e. The Morgan fingerprint density at radius 3 is 2.38 bits per heavy atom. The molecule has 2 heterocycles. The van der Waals surface area contributed by atoms with Gasteiger partial charge in [0.25, 0.3) is 5.91 Å². The summed E-state index contributed by atoms with van der Waals surface area (Å²) in [6, 6.07) is 9.56. The standard InChI is InChI=1S/C19H25N3O2/c1-15(21-10-12-24-13-11-21)17-6-8-22(9-7-17)19(23)18-4-2-16(14-20)3-5-18/h2-5,15,17H,6-13H2,1H3/t15-/m0/s1. The number of rotatable bonds is 3. The lowest BCUT2D eigenvalue weighted by atomic mass is 9.89. The molecule has 1 aromatic rings. The molecule has 5 nitrogen and oxygen atoms in total. The number of carbonyl (C=O) groups excluding carboxylic acids is 1. The van der Waals surface area contributed by atoms with Crippen LogP contribution in [0, 0.1) is 17.2 Å². The quantitative estimate of drug-likeness (QED) is 0.853. The molecule has 1 aromatic carbocycles. The lowest BCUT2D eigenvalue weighted by molar-refractivity contribution is -0.000950. The van der Waals surface area contributed by atoms with E-state index in [1.165, 1.54) is 0 Å². The molecule has 0 saturated carbocycles. The van der Waals surface area contributed by atoms with Crippen molar-refractivity contribution in [2.24, 2.45) is 5.92 Å². The third-order valence-electron chi connectivity index (χ3n) is 5.39. The van der Waals surface area contributed by atoms with Crippen LogP contribution in [0.25, 0.3) is 0 Å². The van der Waals surface area contributed by atoms with E-state index in [0.717, 1.165) is 52.2 Å². The van der Waals surface area contributed by atoms with Crippen LogP contribution in [0.3, 0.4) is 0 Å². The first kappa shape index (κ1) is 16.9. The maximum atomic E-state index is 12.6. The maximum absolute atomic E-state index is 12.6. The zero-order valence-corrected chi connectivity index (χ0v) is 14.3. The molecule has 5 heteroatoms. The third-order valence-corrected chi connectivity index (χ3v) is 5.39. The van der Waals surface area contributed by atoms with Gasteiger partial charge in [-0.2, -0.15) is 5.26 Å². The van der Waals surface area contributed by atoms with Gasteiger partial charge in [0.15, 0.2) is 0 Å². The molecule has 0 N–H and O–H groups in total. The van der Waals surface area contributed by atoms with Gasteiger partial charge in [-0.15, -0.1) is 0 Å². The van der Waals surface area contributed by atoms with Crippen molar-refractivity contribution < 1.29 is 9.53 Å². The molecule has 128 valence electrons. The maximum Gasteiger partial charge on any atom is 0.253 e. The Morgan fingerprint density at radius 2 is 1.79 bits per heavy atom. The highest BCUT2D eigenvalue weighted by atomic mass is 16.5. The van der Waals surface area contributed by atoms with Gasteiger partial charge in [0.1, 0.15) is 0 Å². The van der Waals surface area contributed by atoms with Crippen LogP contribution in [0.1, 0.15) is 35.7 Å². The molecule has 0 spiro atoms. The van der Waals surface area contributed by atoms with Crippen molar-refractivity contribution in [3.63, 3.8) is 0 Å². The lowest BCUT2D eigenvalue weighted by Gasteiger charge is -2.41. The average molecular weight is 327 g/mol. The van der Waals surface area contributed by atoms with E-state index in [0.29, 0.717) is 23.1 Å². The molecule has 0 aromatic heterocycles. The van der Waals surface area contributed by atoms with Crippen molar-refractivity contribution in [3.05, 3.63) is 35.4 Å². The van der Waals surface area contributed by atoms with Gasteiger partial charge in [-0.05, 0) is 49.9 Å². The van der Waals surface area contributed by atoms with Gasteiger partial charge in [0.2, 0.25) is 0 Å². The van der Waals surface area contributed by atoms with Crippen molar-refractivity contribution in [1.82, 2.24) is 9.80 Å². The van der Waals surface area contributed by atoms with Gasteiger partial charge in [-0.25, -0.2) is 0 Å². The normalized spacial score (nSPS) is 21.2. The monoisotopic (exact) mass is 327 g/mol. The van der Waals surface area contributed by atoms with E-state index in [4.69, 9.17) is 10.00 Å². The molecular formula is C19H25N3O2. The van der Waals surface area contributed by atoms with Gasteiger partial charge in [-0.1, -0.05) is 0 Å². The van der Waals surface area contributed by atoms with E-state index in [2.05, 4.69) is 17.9 Å². The molecule has 0 bridgehead atoms. The Balaban J connectivity index is 1.54. The summed E-state index contributed by atoms with van der Waals surface area (Å²) in [4.78, 5) is 17.1. The average Bonchev–Trinajstić information content (AvgIpc) is 2.68. The van der Waals surface area contributed by atoms with Crippen molar-refractivity contribution >= 4 is 5.91 Å². The number of amides is 1. The molecule has 2 aliphatic heterocycles. The Kier molecular flexibility index (Phi) is 5.49. The minimum atomic E-state index is 0.0805. The van der Waals surface area contributed by atoms with Crippen molar-refractivity contribution in [2.75, 3.05) is 39.4 Å². The van der Waals surface area contributed by atoms with Crippen LogP contribution in [0.5, 0.6) is 0 Å². The highest BCUT2D eigenvalue weighted by molar-refractivity contribution is 5.94. The van der Waals surface area contributed by atoms with Gasteiger partial charge < -0.3 is 9.64 Å². The number of carbonyl (C=O) groups is 1. The number of hydrogen-bond acceptors (Lipinski definition) is 4. The molecule has 0 aliphatic carbocycles.